The first kappa shape index (κ1) is 35.0. The lowest BCUT2D eigenvalue weighted by atomic mass is 9.99. The molecule has 0 aliphatic carbocycles. The normalized spacial score (nSPS) is 20.1. The average Bonchev–Trinajstić information content (AvgIpc) is 3.17. The minimum Gasteiger partial charge on any atom is -0.467 e. The van der Waals surface area contributed by atoms with E-state index in [2.05, 4.69) is 30.4 Å². The van der Waals surface area contributed by atoms with Crippen molar-refractivity contribution in [2.24, 2.45) is 0 Å². The molecule has 0 radical (unpaired) electrons. The maximum absolute atomic E-state index is 12.8. The van der Waals surface area contributed by atoms with Gasteiger partial charge >= 0.3 is 12.0 Å². The quantitative estimate of drug-likeness (QED) is 0.189. The Kier molecular flexibility index (Phi) is 12.0. The molecule has 3 heterocycles. The molecule has 6 rings (SSSR count). The number of amides is 2. The third kappa shape index (κ3) is 9.42. The summed E-state index contributed by atoms with van der Waals surface area (Å²) < 4.78 is 18.0. The van der Waals surface area contributed by atoms with Crippen LogP contribution in [-0.2, 0) is 38.6 Å². The molecule has 3 N–H and O–H groups in total. The van der Waals surface area contributed by atoms with Crippen LogP contribution in [0.15, 0.2) is 97.3 Å². The topological polar surface area (TPSA) is 138 Å². The molecular weight excluding hydrogens is 636 g/mol. The van der Waals surface area contributed by atoms with E-state index >= 15 is 0 Å². The summed E-state index contributed by atoms with van der Waals surface area (Å²) in [4.78, 5) is 38.5. The van der Waals surface area contributed by atoms with Gasteiger partial charge in [0.15, 0.2) is 6.29 Å². The highest BCUT2D eigenvalue weighted by molar-refractivity contribution is 5.83. The number of esters is 1. The lowest BCUT2D eigenvalue weighted by Gasteiger charge is -2.40. The predicted molar refractivity (Wildman–Crippen MR) is 187 cm³/mol. The Hall–Kier alpha value is -4.88. The van der Waals surface area contributed by atoms with Gasteiger partial charge in [-0.05, 0) is 28.3 Å². The second-order valence-electron chi connectivity index (χ2n) is 12.5. The third-order valence-electron chi connectivity index (χ3n) is 9.06. The predicted octanol–water partition coefficient (Wildman–Crippen LogP) is 3.92. The van der Waals surface area contributed by atoms with Gasteiger partial charge in [0.1, 0.15) is 6.04 Å². The van der Waals surface area contributed by atoms with E-state index in [1.54, 1.807) is 12.4 Å². The molecule has 2 aliphatic rings. The summed E-state index contributed by atoms with van der Waals surface area (Å²) in [7, 11) is 1.31. The average molecular weight is 681 g/mol. The Labute approximate surface area is 292 Å². The van der Waals surface area contributed by atoms with E-state index in [-0.39, 0.29) is 25.4 Å². The number of anilines is 1. The molecule has 4 atom stereocenters. The summed E-state index contributed by atoms with van der Waals surface area (Å²) in [5.74, 6) is 0.250. The number of ether oxygens (including phenoxy) is 3. The Balaban J connectivity index is 1.07. The number of hydrogen-bond donors (Lipinski definition) is 3. The standard InChI is InChI=1S/C38H44N6O6/c1-48-35(46)33(22-27-6-3-2-4-7-27)42-38(47)41-24-28-8-14-31(15-9-28)36-49-32(23-34(50-36)30-12-10-29(26-45)11-13-30)25-43-18-20-44(21-19-43)37-39-16-5-17-40-37/h2-17,32-34,36,45H,18-26H2,1H3,(H2,41,42,47). The molecule has 2 saturated heterocycles. The maximum atomic E-state index is 12.8. The van der Waals surface area contributed by atoms with Gasteiger partial charge in [-0.25, -0.2) is 19.6 Å². The number of benzene rings is 3. The van der Waals surface area contributed by atoms with Crippen molar-refractivity contribution < 1.29 is 28.9 Å². The fourth-order valence-corrected chi connectivity index (χ4v) is 6.28. The third-order valence-corrected chi connectivity index (χ3v) is 9.06. The van der Waals surface area contributed by atoms with Crippen molar-refractivity contribution >= 4 is 17.9 Å². The smallest absolute Gasteiger partial charge is 0.328 e. The highest BCUT2D eigenvalue weighted by Crippen LogP contribution is 2.38. The number of nitrogens with one attached hydrogen (secondary N) is 2. The summed E-state index contributed by atoms with van der Waals surface area (Å²) >= 11 is 0. The van der Waals surface area contributed by atoms with Gasteiger partial charge in [0.25, 0.3) is 0 Å². The van der Waals surface area contributed by atoms with Gasteiger partial charge in [-0.3, -0.25) is 4.90 Å². The zero-order valence-corrected chi connectivity index (χ0v) is 28.2. The first-order valence-electron chi connectivity index (χ1n) is 17.0. The number of aliphatic hydroxyl groups excluding tert-OH is 1. The molecule has 2 amide bonds. The van der Waals surface area contributed by atoms with Crippen LogP contribution >= 0.6 is 0 Å². The lowest BCUT2D eigenvalue weighted by molar-refractivity contribution is -0.253. The number of nitrogens with zero attached hydrogens (tertiary/aromatic N) is 4. The van der Waals surface area contributed by atoms with Crippen LogP contribution in [0.1, 0.15) is 46.6 Å². The molecule has 12 heteroatoms. The van der Waals surface area contributed by atoms with E-state index in [0.29, 0.717) is 12.8 Å². The second-order valence-corrected chi connectivity index (χ2v) is 12.5. The summed E-state index contributed by atoms with van der Waals surface area (Å²) in [6.07, 6.45) is 3.73. The molecule has 4 unspecified atom stereocenters. The van der Waals surface area contributed by atoms with Crippen molar-refractivity contribution in [2.45, 2.75) is 50.5 Å². The lowest BCUT2D eigenvalue weighted by Crippen LogP contribution is -2.50. The van der Waals surface area contributed by atoms with Crippen molar-refractivity contribution in [2.75, 3.05) is 44.7 Å². The van der Waals surface area contributed by atoms with Gasteiger partial charge in [0.2, 0.25) is 5.95 Å². The highest BCUT2D eigenvalue weighted by atomic mass is 16.7. The largest absolute Gasteiger partial charge is 0.467 e. The number of piperazine rings is 1. The number of aliphatic hydroxyl groups is 1. The van der Waals surface area contributed by atoms with E-state index in [9.17, 15) is 14.7 Å². The monoisotopic (exact) mass is 680 g/mol. The first-order chi connectivity index (χ1) is 24.5. The Bertz CT molecular complexity index is 1650. The van der Waals surface area contributed by atoms with Gasteiger partial charge in [0, 0.05) is 70.1 Å². The van der Waals surface area contributed by atoms with Crippen molar-refractivity contribution in [3.63, 3.8) is 0 Å². The van der Waals surface area contributed by atoms with Gasteiger partial charge in [0.05, 0.1) is 25.9 Å². The number of urea groups is 1. The number of carbonyl (C=O) groups excluding carboxylic acids is 2. The number of rotatable bonds is 12. The fraction of sp³-hybridized carbons (Fsp3) is 0.368. The second kappa shape index (κ2) is 17.2. The maximum Gasteiger partial charge on any atom is 0.328 e. The van der Waals surface area contributed by atoms with Crippen molar-refractivity contribution in [1.29, 1.82) is 0 Å². The summed E-state index contributed by atoms with van der Waals surface area (Å²) in [6.45, 7) is 4.45. The van der Waals surface area contributed by atoms with Gasteiger partial charge in [-0.1, -0.05) is 78.9 Å². The van der Waals surface area contributed by atoms with E-state index < -0.39 is 24.3 Å². The molecule has 262 valence electrons. The molecule has 0 spiro atoms. The molecule has 1 aromatic heterocycles. The number of carbonyl (C=O) groups is 2. The van der Waals surface area contributed by atoms with Gasteiger partial charge in [-0.2, -0.15) is 0 Å². The van der Waals surface area contributed by atoms with Crippen LogP contribution in [0.3, 0.4) is 0 Å². The SMILES string of the molecule is COC(=O)C(Cc1ccccc1)NC(=O)NCc1ccc(C2OC(CN3CCN(c4ncccn4)CC3)CC(c3ccc(CO)cc3)O2)cc1. The van der Waals surface area contributed by atoms with Crippen LogP contribution in [-0.4, -0.2) is 84.0 Å². The van der Waals surface area contributed by atoms with Crippen LogP contribution < -0.4 is 15.5 Å². The molecule has 2 aliphatic heterocycles. The zero-order chi connectivity index (χ0) is 34.7. The number of hydrogen-bond acceptors (Lipinski definition) is 10. The summed E-state index contributed by atoms with van der Waals surface area (Å²) in [5.41, 5.74) is 4.56. The van der Waals surface area contributed by atoms with E-state index in [1.807, 2.05) is 84.9 Å². The van der Waals surface area contributed by atoms with Crippen molar-refractivity contribution in [1.82, 2.24) is 25.5 Å². The molecule has 12 nitrogen and oxygen atoms in total. The van der Waals surface area contributed by atoms with Crippen molar-refractivity contribution in [3.05, 3.63) is 125 Å². The first-order valence-corrected chi connectivity index (χ1v) is 17.0. The number of aromatic nitrogens is 2. The summed E-state index contributed by atoms with van der Waals surface area (Å²) in [6, 6.07) is 25.7. The van der Waals surface area contributed by atoms with Gasteiger partial charge in [-0.15, -0.1) is 0 Å². The van der Waals surface area contributed by atoms with Crippen LogP contribution in [0.4, 0.5) is 10.7 Å². The van der Waals surface area contributed by atoms with Crippen LogP contribution in [0.5, 0.6) is 0 Å². The van der Waals surface area contributed by atoms with E-state index in [0.717, 1.165) is 66.5 Å². The molecule has 2 fully saturated rings. The molecule has 0 saturated carbocycles. The number of methoxy groups -OCH3 is 1. The van der Waals surface area contributed by atoms with Crippen LogP contribution in [0, 0.1) is 0 Å². The molecule has 4 aromatic rings. The Morgan fingerprint density at radius 1 is 0.860 bits per heavy atom. The molecule has 3 aromatic carbocycles. The Morgan fingerprint density at radius 2 is 1.54 bits per heavy atom. The van der Waals surface area contributed by atoms with Gasteiger partial charge < -0.3 is 34.9 Å². The zero-order valence-electron chi connectivity index (χ0n) is 28.2. The van der Waals surface area contributed by atoms with Crippen LogP contribution in [0.2, 0.25) is 0 Å². The summed E-state index contributed by atoms with van der Waals surface area (Å²) in [5, 5.41) is 15.1. The van der Waals surface area contributed by atoms with Crippen molar-refractivity contribution in [3.8, 4) is 0 Å². The Morgan fingerprint density at radius 3 is 2.22 bits per heavy atom. The highest BCUT2D eigenvalue weighted by Gasteiger charge is 2.34. The minimum absolute atomic E-state index is 0.0113. The molecular formula is C38H44N6O6. The molecule has 0 bridgehead atoms. The van der Waals surface area contributed by atoms with E-state index in [4.69, 9.17) is 14.2 Å². The van der Waals surface area contributed by atoms with Crippen LogP contribution in [0.25, 0.3) is 0 Å². The fourth-order valence-electron chi connectivity index (χ4n) is 6.28. The molecule has 50 heavy (non-hydrogen) atoms. The minimum atomic E-state index is -0.812. The van der Waals surface area contributed by atoms with E-state index in [1.165, 1.54) is 7.11 Å².